The highest BCUT2D eigenvalue weighted by Gasteiger charge is 2.47. The van der Waals surface area contributed by atoms with E-state index in [0.717, 1.165) is 31.2 Å². The zero-order chi connectivity index (χ0) is 17.9. The van der Waals surface area contributed by atoms with Gasteiger partial charge in [0.2, 0.25) is 0 Å². The van der Waals surface area contributed by atoms with E-state index in [-0.39, 0.29) is 18.8 Å². The van der Waals surface area contributed by atoms with E-state index < -0.39 is 16.1 Å². The smallest absolute Gasteiger partial charge is 0.333 e. The fourth-order valence-corrected chi connectivity index (χ4v) is 4.18. The largest absolute Gasteiger partial charge is 0.344 e. The van der Waals surface area contributed by atoms with E-state index in [9.17, 15) is 8.42 Å². The van der Waals surface area contributed by atoms with E-state index >= 15 is 0 Å². The standard InChI is InChI=1S/C17H24ClNO5S/c18-14-7-3-2-6-13(14)12-16-15(8-11-22-25(19,20)21)23-17(24-16)9-4-1-5-10-17/h2-3,6-7,15-16H,1,4-5,8-12H2,(H2,19,20,21). The maximum absolute atomic E-state index is 11.0. The summed E-state index contributed by atoms with van der Waals surface area (Å²) in [6.45, 7) is -0.0258. The molecule has 1 aliphatic heterocycles. The van der Waals surface area contributed by atoms with Crippen molar-refractivity contribution in [2.45, 2.75) is 62.9 Å². The van der Waals surface area contributed by atoms with Crippen molar-refractivity contribution in [3.8, 4) is 0 Å². The molecule has 3 rings (SSSR count). The van der Waals surface area contributed by atoms with Crippen LogP contribution in [0.5, 0.6) is 0 Å². The molecule has 0 aromatic heterocycles. The van der Waals surface area contributed by atoms with Gasteiger partial charge in [0.25, 0.3) is 0 Å². The monoisotopic (exact) mass is 389 g/mol. The second-order valence-electron chi connectivity index (χ2n) is 6.68. The lowest BCUT2D eigenvalue weighted by molar-refractivity contribution is -0.194. The molecule has 0 radical (unpaired) electrons. The minimum Gasteiger partial charge on any atom is -0.344 e. The summed E-state index contributed by atoms with van der Waals surface area (Å²) in [5.74, 6) is -0.559. The normalized spacial score (nSPS) is 26.2. The van der Waals surface area contributed by atoms with Gasteiger partial charge in [-0.1, -0.05) is 36.2 Å². The molecule has 2 aliphatic rings. The third-order valence-corrected chi connectivity index (χ3v) is 5.66. The molecule has 2 fully saturated rings. The van der Waals surface area contributed by atoms with Crippen LogP contribution in [0.1, 0.15) is 44.1 Å². The van der Waals surface area contributed by atoms with Crippen LogP contribution < -0.4 is 5.14 Å². The van der Waals surface area contributed by atoms with Gasteiger partial charge in [-0.2, -0.15) is 8.42 Å². The fourth-order valence-electron chi connectivity index (χ4n) is 3.64. The second-order valence-corrected chi connectivity index (χ2v) is 8.31. The van der Waals surface area contributed by atoms with Gasteiger partial charge in [0.05, 0.1) is 18.8 Å². The molecule has 2 atom stereocenters. The van der Waals surface area contributed by atoms with Crippen LogP contribution in [0.2, 0.25) is 5.02 Å². The molecule has 1 aliphatic carbocycles. The SMILES string of the molecule is NS(=O)(=O)OCCC1OC2(CCCCC2)OC1Cc1ccccc1Cl. The van der Waals surface area contributed by atoms with Crippen molar-refractivity contribution in [1.29, 1.82) is 0 Å². The predicted octanol–water partition coefficient (Wildman–Crippen LogP) is 2.94. The van der Waals surface area contributed by atoms with Crippen LogP contribution in [-0.4, -0.2) is 33.0 Å². The fraction of sp³-hybridized carbons (Fsp3) is 0.647. The van der Waals surface area contributed by atoms with Gasteiger partial charge in [-0.25, -0.2) is 5.14 Å². The van der Waals surface area contributed by atoms with Crippen LogP contribution >= 0.6 is 11.6 Å². The molecule has 1 aromatic rings. The van der Waals surface area contributed by atoms with E-state index in [1.165, 1.54) is 6.42 Å². The lowest BCUT2D eigenvalue weighted by Gasteiger charge is -2.32. The van der Waals surface area contributed by atoms with Crippen LogP contribution in [0.3, 0.4) is 0 Å². The van der Waals surface area contributed by atoms with Crippen molar-refractivity contribution in [2.75, 3.05) is 6.61 Å². The molecule has 8 heteroatoms. The topological polar surface area (TPSA) is 87.9 Å². The Kier molecular flexibility index (Phi) is 6.03. The van der Waals surface area contributed by atoms with Gasteiger partial charge in [0.1, 0.15) is 0 Å². The minimum absolute atomic E-state index is 0.0258. The molecule has 1 heterocycles. The van der Waals surface area contributed by atoms with E-state index in [0.29, 0.717) is 17.9 Å². The molecule has 1 aromatic carbocycles. The van der Waals surface area contributed by atoms with Crippen LogP contribution in [-0.2, 0) is 30.4 Å². The van der Waals surface area contributed by atoms with Gasteiger partial charge >= 0.3 is 10.3 Å². The summed E-state index contributed by atoms with van der Waals surface area (Å²) in [6.07, 6.45) is 5.60. The Morgan fingerprint density at radius 2 is 1.84 bits per heavy atom. The number of nitrogens with two attached hydrogens (primary N) is 1. The molecule has 1 spiro atoms. The number of benzene rings is 1. The average Bonchev–Trinajstić information content (AvgIpc) is 2.86. The Morgan fingerprint density at radius 1 is 1.16 bits per heavy atom. The molecule has 1 saturated carbocycles. The Labute approximate surface area is 153 Å². The van der Waals surface area contributed by atoms with E-state index in [1.54, 1.807) is 0 Å². The molecule has 6 nitrogen and oxygen atoms in total. The first kappa shape index (κ1) is 19.1. The van der Waals surface area contributed by atoms with Crippen molar-refractivity contribution in [1.82, 2.24) is 0 Å². The molecular weight excluding hydrogens is 366 g/mol. The first-order chi connectivity index (χ1) is 11.9. The summed E-state index contributed by atoms with van der Waals surface area (Å²) in [7, 11) is -3.95. The number of hydrogen-bond donors (Lipinski definition) is 1. The lowest BCUT2D eigenvalue weighted by Crippen LogP contribution is -2.33. The van der Waals surface area contributed by atoms with Crippen molar-refractivity contribution in [3.63, 3.8) is 0 Å². The predicted molar refractivity (Wildman–Crippen MR) is 94.4 cm³/mol. The molecule has 140 valence electrons. The summed E-state index contributed by atoms with van der Waals surface area (Å²) < 4.78 is 39.2. The molecule has 2 unspecified atom stereocenters. The third kappa shape index (κ3) is 5.15. The highest BCUT2D eigenvalue weighted by atomic mass is 35.5. The summed E-state index contributed by atoms with van der Waals surface area (Å²) in [5.41, 5.74) is 0.989. The van der Waals surface area contributed by atoms with Crippen molar-refractivity contribution >= 4 is 21.9 Å². The van der Waals surface area contributed by atoms with Crippen molar-refractivity contribution < 1.29 is 22.1 Å². The van der Waals surface area contributed by atoms with Gasteiger partial charge in [-0.05, 0) is 24.5 Å². The first-order valence-electron chi connectivity index (χ1n) is 8.63. The molecule has 2 N–H and O–H groups in total. The Morgan fingerprint density at radius 3 is 2.52 bits per heavy atom. The minimum atomic E-state index is -3.95. The van der Waals surface area contributed by atoms with Crippen LogP contribution in [0.4, 0.5) is 0 Å². The Bertz CT molecular complexity index is 690. The molecular formula is C17H24ClNO5S. The summed E-state index contributed by atoms with van der Waals surface area (Å²) in [6, 6.07) is 7.64. The van der Waals surface area contributed by atoms with E-state index in [4.69, 9.17) is 26.2 Å². The third-order valence-electron chi connectivity index (χ3n) is 4.79. The van der Waals surface area contributed by atoms with Gasteiger partial charge < -0.3 is 9.47 Å². The number of rotatable bonds is 6. The lowest BCUT2D eigenvalue weighted by atomic mass is 9.94. The van der Waals surface area contributed by atoms with Gasteiger partial charge in [-0.3, -0.25) is 4.18 Å². The van der Waals surface area contributed by atoms with Crippen molar-refractivity contribution in [3.05, 3.63) is 34.9 Å². The molecule has 25 heavy (non-hydrogen) atoms. The van der Waals surface area contributed by atoms with Crippen LogP contribution in [0, 0.1) is 0 Å². The van der Waals surface area contributed by atoms with Gasteiger partial charge in [0, 0.05) is 30.7 Å². The quantitative estimate of drug-likeness (QED) is 0.808. The van der Waals surface area contributed by atoms with Crippen LogP contribution in [0.25, 0.3) is 0 Å². The summed E-state index contributed by atoms with van der Waals surface area (Å²) in [4.78, 5) is 0. The number of halogens is 1. The first-order valence-corrected chi connectivity index (χ1v) is 10.5. The maximum Gasteiger partial charge on any atom is 0.333 e. The molecule has 0 bridgehead atoms. The summed E-state index contributed by atoms with van der Waals surface area (Å²) in [5, 5.41) is 5.59. The van der Waals surface area contributed by atoms with Crippen LogP contribution in [0.15, 0.2) is 24.3 Å². The highest BCUT2D eigenvalue weighted by molar-refractivity contribution is 7.84. The average molecular weight is 390 g/mol. The zero-order valence-electron chi connectivity index (χ0n) is 14.0. The van der Waals surface area contributed by atoms with Gasteiger partial charge in [0.15, 0.2) is 5.79 Å². The highest BCUT2D eigenvalue weighted by Crippen LogP contribution is 2.42. The van der Waals surface area contributed by atoms with Crippen molar-refractivity contribution in [2.24, 2.45) is 5.14 Å². The maximum atomic E-state index is 11.0. The molecule has 0 amide bonds. The van der Waals surface area contributed by atoms with Gasteiger partial charge in [-0.15, -0.1) is 0 Å². The second kappa shape index (κ2) is 7.90. The van der Waals surface area contributed by atoms with E-state index in [2.05, 4.69) is 4.18 Å². The molecule has 1 saturated heterocycles. The Balaban J connectivity index is 1.70. The zero-order valence-corrected chi connectivity index (χ0v) is 15.6. The summed E-state index contributed by atoms with van der Waals surface area (Å²) >= 11 is 6.27. The Hall–Kier alpha value is -0.700. The number of ether oxygens (including phenoxy) is 2. The van der Waals surface area contributed by atoms with E-state index in [1.807, 2.05) is 24.3 Å². The number of hydrogen-bond acceptors (Lipinski definition) is 5.